The Bertz CT molecular complexity index is 793. The topological polar surface area (TPSA) is 97.4 Å². The van der Waals surface area contributed by atoms with Gasteiger partial charge in [0.25, 0.3) is 17.7 Å². The molecule has 1 aromatic carbocycles. The van der Waals surface area contributed by atoms with Gasteiger partial charge in [-0.2, -0.15) is 0 Å². The predicted octanol–water partition coefficient (Wildman–Crippen LogP) is 2.82. The number of anilines is 1. The number of nitrogens with two attached hydrogens (primary N) is 1. The minimum atomic E-state index is -3.22. The molecule has 2 aromatic rings. The number of amides is 2. The molecule has 134 valence electrons. The van der Waals surface area contributed by atoms with Crippen LogP contribution in [0.4, 0.5) is 14.5 Å². The van der Waals surface area contributed by atoms with E-state index in [1.807, 2.05) is 0 Å². The van der Waals surface area contributed by atoms with Gasteiger partial charge >= 0.3 is 0 Å². The molecule has 0 aliphatic heterocycles. The third kappa shape index (κ3) is 4.77. The van der Waals surface area contributed by atoms with E-state index in [1.54, 1.807) is 6.92 Å². The summed E-state index contributed by atoms with van der Waals surface area (Å²) in [4.78, 5) is 24.4. The van der Waals surface area contributed by atoms with E-state index in [1.165, 1.54) is 30.5 Å². The van der Waals surface area contributed by atoms with Crippen LogP contribution in [0, 0.1) is 6.92 Å². The summed E-state index contributed by atoms with van der Waals surface area (Å²) < 4.78 is 31.4. The molecule has 4 N–H and O–H groups in total. The van der Waals surface area contributed by atoms with Crippen LogP contribution in [0.2, 0.25) is 5.02 Å². The SMILES string of the molecule is Cc1occc1C(=O)Nc1cc(Cl)ccc1C(=O)NCC(F)(F)CN. The highest BCUT2D eigenvalue weighted by Gasteiger charge is 2.28. The Hall–Kier alpha value is -2.45. The predicted molar refractivity (Wildman–Crippen MR) is 89.2 cm³/mol. The van der Waals surface area contributed by atoms with E-state index in [2.05, 4.69) is 10.6 Å². The maximum atomic E-state index is 13.2. The Morgan fingerprint density at radius 1 is 1.24 bits per heavy atom. The molecule has 0 spiro atoms. The fourth-order valence-corrected chi connectivity index (χ4v) is 2.18. The highest BCUT2D eigenvalue weighted by Crippen LogP contribution is 2.23. The van der Waals surface area contributed by atoms with Crippen LogP contribution >= 0.6 is 11.6 Å². The first kappa shape index (κ1) is 18.9. The molecule has 0 atom stereocenters. The zero-order valence-electron chi connectivity index (χ0n) is 13.2. The lowest BCUT2D eigenvalue weighted by atomic mass is 10.1. The van der Waals surface area contributed by atoms with Crippen LogP contribution < -0.4 is 16.4 Å². The summed E-state index contributed by atoms with van der Waals surface area (Å²) in [6.07, 6.45) is 1.35. The molecule has 0 unspecified atom stereocenters. The summed E-state index contributed by atoms with van der Waals surface area (Å²) >= 11 is 5.90. The Balaban J connectivity index is 2.21. The van der Waals surface area contributed by atoms with E-state index in [0.717, 1.165) is 0 Å². The number of hydrogen-bond acceptors (Lipinski definition) is 4. The van der Waals surface area contributed by atoms with E-state index in [9.17, 15) is 18.4 Å². The van der Waals surface area contributed by atoms with Crippen molar-refractivity contribution in [1.29, 1.82) is 0 Å². The van der Waals surface area contributed by atoms with Crippen LogP contribution in [0.5, 0.6) is 0 Å². The second-order valence-corrected chi connectivity index (χ2v) is 5.71. The molecule has 0 saturated heterocycles. The molecule has 2 rings (SSSR count). The number of hydrogen-bond donors (Lipinski definition) is 3. The number of alkyl halides is 2. The van der Waals surface area contributed by atoms with Crippen molar-refractivity contribution in [2.45, 2.75) is 12.8 Å². The van der Waals surface area contributed by atoms with Gasteiger partial charge in [0.05, 0.1) is 36.2 Å². The first-order chi connectivity index (χ1) is 11.7. The van der Waals surface area contributed by atoms with E-state index >= 15 is 0 Å². The zero-order chi connectivity index (χ0) is 18.6. The molecule has 0 bridgehead atoms. The van der Waals surface area contributed by atoms with Gasteiger partial charge in [-0.1, -0.05) is 11.6 Å². The maximum Gasteiger partial charge on any atom is 0.277 e. The van der Waals surface area contributed by atoms with E-state index in [0.29, 0.717) is 5.76 Å². The summed E-state index contributed by atoms with van der Waals surface area (Å²) in [5.41, 5.74) is 5.29. The number of aryl methyl sites for hydroxylation is 1. The number of halogens is 3. The van der Waals surface area contributed by atoms with Gasteiger partial charge in [0.1, 0.15) is 5.76 Å². The summed E-state index contributed by atoms with van der Waals surface area (Å²) in [5, 5.41) is 4.88. The van der Waals surface area contributed by atoms with Gasteiger partial charge in [-0.25, -0.2) is 8.78 Å². The van der Waals surface area contributed by atoms with Gasteiger partial charge in [-0.15, -0.1) is 0 Å². The van der Waals surface area contributed by atoms with Crippen molar-refractivity contribution < 1.29 is 22.8 Å². The normalized spacial score (nSPS) is 11.2. The standard InChI is InChI=1S/C16H16ClF2N3O3/c1-9-11(4-5-25-9)15(24)22-13-6-10(17)2-3-12(13)14(23)21-8-16(18,19)7-20/h2-6H,7-8,20H2,1H3,(H,21,23)(H,22,24). The molecule has 0 fully saturated rings. The van der Waals surface area contributed by atoms with Crippen LogP contribution in [0.25, 0.3) is 0 Å². The van der Waals surface area contributed by atoms with E-state index in [4.69, 9.17) is 21.8 Å². The first-order valence-electron chi connectivity index (χ1n) is 7.24. The zero-order valence-corrected chi connectivity index (χ0v) is 14.0. The number of furan rings is 1. The van der Waals surface area contributed by atoms with Gasteiger partial charge in [0.15, 0.2) is 0 Å². The second kappa shape index (κ2) is 7.62. The molecule has 0 aliphatic rings. The molecule has 0 radical (unpaired) electrons. The van der Waals surface area contributed by atoms with Crippen LogP contribution in [-0.2, 0) is 0 Å². The van der Waals surface area contributed by atoms with Crippen molar-refractivity contribution in [2.24, 2.45) is 5.73 Å². The highest BCUT2D eigenvalue weighted by molar-refractivity contribution is 6.31. The lowest BCUT2D eigenvalue weighted by Gasteiger charge is -2.16. The summed E-state index contributed by atoms with van der Waals surface area (Å²) in [5.74, 6) is -4.13. The summed E-state index contributed by atoms with van der Waals surface area (Å²) in [7, 11) is 0. The molecule has 25 heavy (non-hydrogen) atoms. The average molecular weight is 372 g/mol. The van der Waals surface area contributed by atoms with Gasteiger partial charge in [0, 0.05) is 5.02 Å². The Morgan fingerprint density at radius 3 is 2.56 bits per heavy atom. The van der Waals surface area contributed by atoms with Crippen molar-refractivity contribution in [2.75, 3.05) is 18.4 Å². The molecule has 0 aliphatic carbocycles. The van der Waals surface area contributed by atoms with Gasteiger partial charge < -0.3 is 20.8 Å². The quantitative estimate of drug-likeness (QED) is 0.727. The maximum absolute atomic E-state index is 13.2. The highest BCUT2D eigenvalue weighted by atomic mass is 35.5. The van der Waals surface area contributed by atoms with Crippen LogP contribution in [-0.4, -0.2) is 30.8 Å². The lowest BCUT2D eigenvalue weighted by molar-refractivity contribution is 0.0118. The van der Waals surface area contributed by atoms with Crippen molar-refractivity contribution in [3.8, 4) is 0 Å². The van der Waals surface area contributed by atoms with Gasteiger partial charge in [-0.3, -0.25) is 9.59 Å². The molecular formula is C16H16ClF2N3O3. The largest absolute Gasteiger partial charge is 0.469 e. The smallest absolute Gasteiger partial charge is 0.277 e. The lowest BCUT2D eigenvalue weighted by Crippen LogP contribution is -2.41. The second-order valence-electron chi connectivity index (χ2n) is 5.28. The molecule has 2 amide bonds. The van der Waals surface area contributed by atoms with Crippen LogP contribution in [0.1, 0.15) is 26.5 Å². The number of benzene rings is 1. The average Bonchev–Trinajstić information content (AvgIpc) is 2.99. The van der Waals surface area contributed by atoms with Crippen LogP contribution in [0.15, 0.2) is 34.9 Å². The number of nitrogens with one attached hydrogen (secondary N) is 2. The Kier molecular flexibility index (Phi) is 5.76. The third-order valence-corrected chi connectivity index (χ3v) is 3.62. The third-order valence-electron chi connectivity index (χ3n) is 3.38. The Labute approximate surface area is 147 Å². The molecule has 1 heterocycles. The molecule has 9 heteroatoms. The van der Waals surface area contributed by atoms with E-state index < -0.39 is 30.8 Å². The molecule has 6 nitrogen and oxygen atoms in total. The van der Waals surface area contributed by atoms with E-state index in [-0.39, 0.29) is 21.8 Å². The number of carbonyl (C=O) groups is 2. The minimum Gasteiger partial charge on any atom is -0.469 e. The fraction of sp³-hybridized carbons (Fsp3) is 0.250. The monoisotopic (exact) mass is 371 g/mol. The van der Waals surface area contributed by atoms with Gasteiger partial charge in [0.2, 0.25) is 0 Å². The van der Waals surface area contributed by atoms with Crippen molar-refractivity contribution >= 4 is 29.1 Å². The van der Waals surface area contributed by atoms with Gasteiger partial charge in [-0.05, 0) is 31.2 Å². The number of rotatable bonds is 6. The minimum absolute atomic E-state index is 0.00767. The van der Waals surface area contributed by atoms with Crippen molar-refractivity contribution in [3.05, 3.63) is 52.4 Å². The van der Waals surface area contributed by atoms with Crippen molar-refractivity contribution in [1.82, 2.24) is 5.32 Å². The first-order valence-corrected chi connectivity index (χ1v) is 7.62. The Morgan fingerprint density at radius 2 is 1.96 bits per heavy atom. The summed E-state index contributed by atoms with van der Waals surface area (Å²) in [6, 6.07) is 5.56. The summed E-state index contributed by atoms with van der Waals surface area (Å²) in [6.45, 7) is -0.203. The van der Waals surface area contributed by atoms with Crippen LogP contribution in [0.3, 0.4) is 0 Å². The fourth-order valence-electron chi connectivity index (χ4n) is 2.01. The van der Waals surface area contributed by atoms with Crippen molar-refractivity contribution in [3.63, 3.8) is 0 Å². The number of carbonyl (C=O) groups excluding carboxylic acids is 2. The molecule has 0 saturated carbocycles. The molecule has 1 aromatic heterocycles. The molecular weight excluding hydrogens is 356 g/mol.